The molecule has 3 amide bonds. The molecule has 2 fully saturated rings. The van der Waals surface area contributed by atoms with Gasteiger partial charge in [0.05, 0.1) is 32.9 Å². The zero-order chi connectivity index (χ0) is 34.8. The minimum Gasteiger partial charge on any atom is -0.490 e. The molecule has 2 N–H and O–H groups in total. The molecule has 0 bridgehead atoms. The molecule has 5 rings (SSSR count). The second-order valence-electron chi connectivity index (χ2n) is 13.0. The number of amides is 3. The van der Waals surface area contributed by atoms with Crippen LogP contribution in [0.5, 0.6) is 17.2 Å². The number of benzene rings is 2. The number of fused-ring (bicyclic) bond motifs is 1. The molecule has 3 heterocycles. The Morgan fingerprint density at radius 3 is 2.20 bits per heavy atom. The Hall–Kier alpha value is -4.09. The van der Waals surface area contributed by atoms with Gasteiger partial charge in [-0.1, -0.05) is 24.6 Å². The first kappa shape index (κ1) is 36.2. The fourth-order valence-corrected chi connectivity index (χ4v) is 7.14. The minimum atomic E-state index is -0.957. The molecule has 2 saturated heterocycles. The van der Waals surface area contributed by atoms with E-state index < -0.39 is 17.9 Å². The maximum atomic E-state index is 14.4. The molecule has 1 aromatic heterocycles. The summed E-state index contributed by atoms with van der Waals surface area (Å²) < 4.78 is 17.6. The van der Waals surface area contributed by atoms with Crippen molar-refractivity contribution in [3.8, 4) is 17.2 Å². The molecule has 1 atom stereocenters. The first-order valence-electron chi connectivity index (χ1n) is 18.0. The number of hydrogen-bond acceptors (Lipinski definition) is 8. The predicted octanol–water partition coefficient (Wildman–Crippen LogP) is 4.92. The lowest BCUT2D eigenvalue weighted by atomic mass is 10.00. The van der Waals surface area contributed by atoms with Crippen LogP contribution in [0, 0.1) is 0 Å². The predicted molar refractivity (Wildman–Crippen MR) is 190 cm³/mol. The van der Waals surface area contributed by atoms with Crippen LogP contribution in [0.2, 0.25) is 0 Å². The molecule has 11 heteroatoms. The van der Waals surface area contributed by atoms with Crippen molar-refractivity contribution >= 4 is 28.6 Å². The number of carbonyl (C=O) groups excluding carboxylic acids is 3. The largest absolute Gasteiger partial charge is 0.490 e. The molecule has 49 heavy (non-hydrogen) atoms. The van der Waals surface area contributed by atoms with Gasteiger partial charge in [0.15, 0.2) is 11.5 Å². The number of aromatic nitrogens is 1. The third-order valence-corrected chi connectivity index (χ3v) is 9.52. The van der Waals surface area contributed by atoms with E-state index in [2.05, 4.69) is 20.1 Å². The molecule has 2 aliphatic heterocycles. The van der Waals surface area contributed by atoms with Gasteiger partial charge in [0.1, 0.15) is 6.04 Å². The van der Waals surface area contributed by atoms with Crippen LogP contribution in [0.15, 0.2) is 42.6 Å². The SMILES string of the molecule is CCOc1cc(CN(C(C)=O)C(=O)C(Cc2c[nH]c3ccccc23)NC(=O)CN2CCC(N3CCCCC3)CC2)cc(OCC)c1OCC. The van der Waals surface area contributed by atoms with Crippen LogP contribution in [0.3, 0.4) is 0 Å². The molecule has 3 aromatic rings. The summed E-state index contributed by atoms with van der Waals surface area (Å²) in [5.74, 6) is 0.326. The summed E-state index contributed by atoms with van der Waals surface area (Å²) in [7, 11) is 0. The summed E-state index contributed by atoms with van der Waals surface area (Å²) in [5.41, 5.74) is 2.47. The van der Waals surface area contributed by atoms with Crippen molar-refractivity contribution in [3.05, 3.63) is 53.7 Å². The molecule has 0 radical (unpaired) electrons. The number of ether oxygens (including phenoxy) is 3. The van der Waals surface area contributed by atoms with Gasteiger partial charge < -0.3 is 29.4 Å². The zero-order valence-corrected chi connectivity index (χ0v) is 29.6. The highest BCUT2D eigenvalue weighted by atomic mass is 16.5. The first-order chi connectivity index (χ1) is 23.8. The molecular weight excluding hydrogens is 622 g/mol. The van der Waals surface area contributed by atoms with Crippen LogP contribution in [0.4, 0.5) is 0 Å². The number of nitrogens with one attached hydrogen (secondary N) is 2. The second kappa shape index (κ2) is 17.5. The number of nitrogens with zero attached hydrogens (tertiary/aromatic N) is 3. The number of para-hydroxylation sites is 1. The fourth-order valence-electron chi connectivity index (χ4n) is 7.14. The van der Waals surface area contributed by atoms with E-state index in [0.717, 1.165) is 42.4 Å². The smallest absolute Gasteiger partial charge is 0.252 e. The van der Waals surface area contributed by atoms with E-state index in [4.69, 9.17) is 14.2 Å². The van der Waals surface area contributed by atoms with Crippen LogP contribution in [-0.2, 0) is 27.3 Å². The van der Waals surface area contributed by atoms with E-state index in [-0.39, 0.29) is 25.4 Å². The Labute approximate surface area is 290 Å². The van der Waals surface area contributed by atoms with Gasteiger partial charge in [0.25, 0.3) is 5.91 Å². The molecule has 266 valence electrons. The van der Waals surface area contributed by atoms with Crippen LogP contribution in [0.25, 0.3) is 10.9 Å². The van der Waals surface area contributed by atoms with Gasteiger partial charge in [-0.2, -0.15) is 0 Å². The first-order valence-corrected chi connectivity index (χ1v) is 18.0. The molecule has 0 aliphatic carbocycles. The van der Waals surface area contributed by atoms with Crippen LogP contribution < -0.4 is 19.5 Å². The van der Waals surface area contributed by atoms with Crippen molar-refractivity contribution in [2.75, 3.05) is 52.5 Å². The lowest BCUT2D eigenvalue weighted by Crippen LogP contribution is -2.54. The molecule has 2 aliphatic rings. The zero-order valence-electron chi connectivity index (χ0n) is 29.6. The van der Waals surface area contributed by atoms with Crippen molar-refractivity contribution in [1.29, 1.82) is 0 Å². The van der Waals surface area contributed by atoms with Gasteiger partial charge in [-0.25, -0.2) is 0 Å². The monoisotopic (exact) mass is 675 g/mol. The van der Waals surface area contributed by atoms with Crippen LogP contribution in [0.1, 0.15) is 70.9 Å². The number of piperidine rings is 2. The molecular formula is C38H53N5O6. The van der Waals surface area contributed by atoms with Crippen LogP contribution >= 0.6 is 0 Å². The van der Waals surface area contributed by atoms with Crippen molar-refractivity contribution < 1.29 is 28.6 Å². The average molecular weight is 676 g/mol. The van der Waals surface area contributed by atoms with Crippen LogP contribution in [-0.4, -0.2) is 102 Å². The van der Waals surface area contributed by atoms with E-state index >= 15 is 0 Å². The van der Waals surface area contributed by atoms with Crippen molar-refractivity contribution in [3.63, 3.8) is 0 Å². The Balaban J connectivity index is 1.35. The Morgan fingerprint density at radius 1 is 0.918 bits per heavy atom. The third-order valence-electron chi connectivity index (χ3n) is 9.52. The third kappa shape index (κ3) is 9.33. The maximum absolute atomic E-state index is 14.4. The van der Waals surface area contributed by atoms with Crippen molar-refractivity contribution in [2.45, 2.75) is 84.8 Å². The lowest BCUT2D eigenvalue weighted by molar-refractivity contribution is -0.147. The van der Waals surface area contributed by atoms with Gasteiger partial charge >= 0.3 is 0 Å². The van der Waals surface area contributed by atoms with Crippen molar-refractivity contribution in [1.82, 2.24) is 25.0 Å². The molecule has 2 aromatic carbocycles. The van der Waals surface area contributed by atoms with E-state index in [9.17, 15) is 14.4 Å². The highest BCUT2D eigenvalue weighted by molar-refractivity contribution is 5.99. The summed E-state index contributed by atoms with van der Waals surface area (Å²) in [4.78, 5) is 50.4. The fraction of sp³-hybridized carbons (Fsp3) is 0.553. The van der Waals surface area contributed by atoms with E-state index in [1.54, 1.807) is 12.1 Å². The number of hydrogen-bond donors (Lipinski definition) is 2. The summed E-state index contributed by atoms with van der Waals surface area (Å²) in [6, 6.07) is 11.0. The van der Waals surface area contributed by atoms with Gasteiger partial charge in [-0.3, -0.25) is 24.2 Å². The molecule has 1 unspecified atom stereocenters. The molecule has 11 nitrogen and oxygen atoms in total. The number of H-pyrrole nitrogens is 1. The van der Waals surface area contributed by atoms with E-state index in [0.29, 0.717) is 48.7 Å². The summed E-state index contributed by atoms with van der Waals surface area (Å²) in [6.07, 6.45) is 8.04. The quantitative estimate of drug-likeness (QED) is 0.233. The number of likely N-dealkylation sites (tertiary alicyclic amines) is 2. The Bertz CT molecular complexity index is 1530. The van der Waals surface area contributed by atoms with Crippen molar-refractivity contribution in [2.24, 2.45) is 0 Å². The van der Waals surface area contributed by atoms with Gasteiger partial charge in [-0.15, -0.1) is 0 Å². The second-order valence-corrected chi connectivity index (χ2v) is 13.0. The Morgan fingerprint density at radius 2 is 1.57 bits per heavy atom. The summed E-state index contributed by atoms with van der Waals surface area (Å²) >= 11 is 0. The summed E-state index contributed by atoms with van der Waals surface area (Å²) in [5, 5.41) is 4.00. The maximum Gasteiger partial charge on any atom is 0.252 e. The number of imide groups is 1. The molecule has 0 spiro atoms. The lowest BCUT2D eigenvalue weighted by Gasteiger charge is -2.40. The molecule has 0 saturated carbocycles. The number of aromatic amines is 1. The van der Waals surface area contributed by atoms with Gasteiger partial charge in [0, 0.05) is 49.6 Å². The standard InChI is InChI=1S/C38H53N5O6/c1-5-47-34-21-28(22-35(48-6-2)37(34)49-7-3)25-43(27(4)44)38(46)33(23-29-24-39-32-14-10-9-13-31(29)32)40-36(45)26-41-19-15-30(16-20-41)42-17-11-8-12-18-42/h9-10,13-14,21-22,24,30,33,39H,5-8,11-12,15-20,23,25-26H2,1-4H3,(H,40,45). The van der Waals surface area contributed by atoms with Gasteiger partial charge in [-0.05, 0) is 88.9 Å². The summed E-state index contributed by atoms with van der Waals surface area (Å²) in [6.45, 7) is 12.5. The average Bonchev–Trinajstić information content (AvgIpc) is 3.51. The van der Waals surface area contributed by atoms with E-state index in [1.165, 1.54) is 44.2 Å². The van der Waals surface area contributed by atoms with Gasteiger partial charge in [0.2, 0.25) is 17.6 Å². The highest BCUT2D eigenvalue weighted by Crippen LogP contribution is 2.39. The van der Waals surface area contributed by atoms with E-state index in [1.807, 2.05) is 51.2 Å². The normalized spacial score (nSPS) is 16.7. The number of rotatable bonds is 15. The Kier molecular flexibility index (Phi) is 13.0. The minimum absolute atomic E-state index is 0.0228. The highest BCUT2D eigenvalue weighted by Gasteiger charge is 2.32. The topological polar surface area (TPSA) is 116 Å². The number of carbonyl (C=O) groups is 3.